The van der Waals surface area contributed by atoms with Gasteiger partial charge >= 0.3 is 0 Å². The summed E-state index contributed by atoms with van der Waals surface area (Å²) in [6.45, 7) is 2.76. The van der Waals surface area contributed by atoms with Crippen LogP contribution in [0.25, 0.3) is 27.3 Å². The van der Waals surface area contributed by atoms with Crippen molar-refractivity contribution in [3.63, 3.8) is 0 Å². The first-order chi connectivity index (χ1) is 14.8. The Balaban J connectivity index is 1.52. The molecule has 0 aliphatic heterocycles. The van der Waals surface area contributed by atoms with Gasteiger partial charge in [-0.15, -0.1) is 21.5 Å². The summed E-state index contributed by atoms with van der Waals surface area (Å²) >= 11 is 4.93. The Hall–Kier alpha value is -2.49. The summed E-state index contributed by atoms with van der Waals surface area (Å²) in [7, 11) is 0. The molecule has 0 atom stereocenters. The summed E-state index contributed by atoms with van der Waals surface area (Å²) in [5, 5.41) is 17.6. The fourth-order valence-corrected chi connectivity index (χ4v) is 5.85. The fourth-order valence-electron chi connectivity index (χ4n) is 3.38. The molecule has 5 aromatic rings. The van der Waals surface area contributed by atoms with Gasteiger partial charge in [-0.3, -0.25) is 13.8 Å². The van der Waals surface area contributed by atoms with Crippen LogP contribution < -0.4 is 5.56 Å². The van der Waals surface area contributed by atoms with E-state index in [0.717, 1.165) is 34.2 Å². The highest BCUT2D eigenvalue weighted by Crippen LogP contribution is 2.29. The molecule has 0 radical (unpaired) electrons. The Labute approximate surface area is 185 Å². The summed E-state index contributed by atoms with van der Waals surface area (Å²) in [5.74, 6) is 1.30. The molecule has 0 bridgehead atoms. The minimum absolute atomic E-state index is 0.00425. The zero-order valence-electron chi connectivity index (χ0n) is 16.3. The predicted octanol–water partition coefficient (Wildman–Crippen LogP) is 5.32. The SMILES string of the molecule is CCCCn1c(=O)c2ccccc2n2c(SCc3csc(-c4ccsc4)n3)nnc12. The molecule has 0 fully saturated rings. The number of aromatic nitrogens is 5. The number of unbranched alkanes of at least 4 members (excludes halogenated alkanes) is 1. The number of thioether (sulfide) groups is 1. The fraction of sp³-hybridized carbons (Fsp3) is 0.238. The molecule has 30 heavy (non-hydrogen) atoms. The zero-order chi connectivity index (χ0) is 20.5. The van der Waals surface area contributed by atoms with E-state index in [2.05, 4.69) is 39.3 Å². The highest BCUT2D eigenvalue weighted by Gasteiger charge is 2.17. The number of fused-ring (bicyclic) bond motifs is 3. The molecule has 0 N–H and O–H groups in total. The number of hydrogen-bond donors (Lipinski definition) is 0. The molecule has 0 amide bonds. The van der Waals surface area contributed by atoms with Crippen molar-refractivity contribution in [1.29, 1.82) is 0 Å². The van der Waals surface area contributed by atoms with E-state index in [1.165, 1.54) is 5.56 Å². The second-order valence-electron chi connectivity index (χ2n) is 6.89. The number of nitrogens with zero attached hydrogens (tertiary/aromatic N) is 5. The third-order valence-corrected chi connectivity index (χ3v) is 7.47. The molecule has 0 aliphatic rings. The summed E-state index contributed by atoms with van der Waals surface area (Å²) in [6.07, 6.45) is 1.94. The molecule has 4 heterocycles. The third kappa shape index (κ3) is 3.46. The van der Waals surface area contributed by atoms with Crippen LogP contribution in [0.4, 0.5) is 0 Å². The van der Waals surface area contributed by atoms with Gasteiger partial charge in [-0.1, -0.05) is 37.2 Å². The number of thiazole rings is 1. The Morgan fingerprint density at radius 2 is 2.03 bits per heavy atom. The van der Waals surface area contributed by atoms with Crippen molar-refractivity contribution >= 4 is 51.1 Å². The largest absolute Gasteiger partial charge is 0.276 e. The predicted molar refractivity (Wildman–Crippen MR) is 125 cm³/mol. The van der Waals surface area contributed by atoms with Crippen LogP contribution in [0.1, 0.15) is 25.5 Å². The zero-order valence-corrected chi connectivity index (χ0v) is 18.8. The third-order valence-electron chi connectivity index (χ3n) is 4.88. The summed E-state index contributed by atoms with van der Waals surface area (Å²) in [6, 6.07) is 9.77. The summed E-state index contributed by atoms with van der Waals surface area (Å²) in [5.41, 5.74) is 3.03. The summed E-state index contributed by atoms with van der Waals surface area (Å²) in [4.78, 5) is 17.8. The van der Waals surface area contributed by atoms with E-state index < -0.39 is 0 Å². The Bertz CT molecular complexity index is 1370. The quantitative estimate of drug-likeness (QED) is 0.312. The van der Waals surface area contributed by atoms with Crippen LogP contribution in [0.15, 0.2) is 56.4 Å². The van der Waals surface area contributed by atoms with E-state index >= 15 is 0 Å². The van der Waals surface area contributed by atoms with Gasteiger partial charge in [-0.2, -0.15) is 11.3 Å². The van der Waals surface area contributed by atoms with Crippen LogP contribution in [0, 0.1) is 0 Å². The molecular weight excluding hydrogens is 434 g/mol. The lowest BCUT2D eigenvalue weighted by Gasteiger charge is -2.10. The van der Waals surface area contributed by atoms with Crippen molar-refractivity contribution in [2.24, 2.45) is 0 Å². The average molecular weight is 454 g/mol. The normalized spacial score (nSPS) is 11.6. The number of hydrogen-bond acceptors (Lipinski definition) is 7. The van der Waals surface area contributed by atoms with Gasteiger partial charge in [0.1, 0.15) is 5.01 Å². The van der Waals surface area contributed by atoms with Gasteiger partial charge < -0.3 is 0 Å². The smallest absolute Gasteiger partial charge is 0.262 e. The second kappa shape index (κ2) is 8.33. The lowest BCUT2D eigenvalue weighted by molar-refractivity contribution is 0.620. The van der Waals surface area contributed by atoms with Crippen molar-refractivity contribution in [2.45, 2.75) is 37.2 Å². The van der Waals surface area contributed by atoms with Gasteiger partial charge in [-0.25, -0.2) is 4.98 Å². The van der Waals surface area contributed by atoms with E-state index in [9.17, 15) is 4.79 Å². The Morgan fingerprint density at radius 1 is 1.13 bits per heavy atom. The molecule has 1 aromatic carbocycles. The Morgan fingerprint density at radius 3 is 2.87 bits per heavy atom. The standard InChI is InChI=1S/C21H19N5OS3/c1-2-3-9-25-19(27)16-6-4-5-7-17(16)26-20(25)23-24-21(26)30-13-15-12-29-18(22-15)14-8-10-28-11-14/h4-8,10-12H,2-3,9,13H2,1H3. The van der Waals surface area contributed by atoms with Crippen LogP contribution in [-0.2, 0) is 12.3 Å². The van der Waals surface area contributed by atoms with Crippen molar-refractivity contribution < 1.29 is 0 Å². The van der Waals surface area contributed by atoms with Gasteiger partial charge in [0.15, 0.2) is 5.16 Å². The number of thiophene rings is 1. The molecule has 152 valence electrons. The lowest BCUT2D eigenvalue weighted by Crippen LogP contribution is -2.23. The second-order valence-corrected chi connectivity index (χ2v) is 9.47. The van der Waals surface area contributed by atoms with Gasteiger partial charge in [0.2, 0.25) is 5.78 Å². The molecule has 9 heteroatoms. The first-order valence-electron chi connectivity index (χ1n) is 9.72. The molecule has 0 saturated heterocycles. The van der Waals surface area contributed by atoms with Crippen LogP contribution in [0.5, 0.6) is 0 Å². The van der Waals surface area contributed by atoms with E-state index in [1.54, 1.807) is 39.0 Å². The molecule has 0 unspecified atom stereocenters. The van der Waals surface area contributed by atoms with Crippen molar-refractivity contribution in [1.82, 2.24) is 24.1 Å². The van der Waals surface area contributed by atoms with Crippen LogP contribution in [-0.4, -0.2) is 24.1 Å². The molecular formula is C21H19N5OS3. The van der Waals surface area contributed by atoms with Gasteiger partial charge in [0, 0.05) is 28.6 Å². The summed E-state index contributed by atoms with van der Waals surface area (Å²) < 4.78 is 3.75. The monoisotopic (exact) mass is 453 g/mol. The number of benzene rings is 1. The Kier molecular flexibility index (Phi) is 5.41. The van der Waals surface area contributed by atoms with E-state index in [1.807, 2.05) is 28.7 Å². The van der Waals surface area contributed by atoms with Crippen LogP contribution in [0.2, 0.25) is 0 Å². The highest BCUT2D eigenvalue weighted by atomic mass is 32.2. The van der Waals surface area contributed by atoms with Gasteiger partial charge in [-0.05, 0) is 30.0 Å². The van der Waals surface area contributed by atoms with Gasteiger partial charge in [0.25, 0.3) is 5.56 Å². The van der Waals surface area contributed by atoms with E-state index in [0.29, 0.717) is 23.5 Å². The molecule has 6 nitrogen and oxygen atoms in total. The van der Waals surface area contributed by atoms with E-state index in [-0.39, 0.29) is 5.56 Å². The maximum Gasteiger partial charge on any atom is 0.262 e. The molecule has 5 rings (SSSR count). The molecule has 0 aliphatic carbocycles. The van der Waals surface area contributed by atoms with Crippen LogP contribution >= 0.6 is 34.4 Å². The lowest BCUT2D eigenvalue weighted by atomic mass is 10.2. The highest BCUT2D eigenvalue weighted by molar-refractivity contribution is 7.98. The minimum atomic E-state index is -0.00425. The first kappa shape index (κ1) is 19.5. The van der Waals surface area contributed by atoms with Gasteiger partial charge in [0.05, 0.1) is 16.6 Å². The maximum absolute atomic E-state index is 13.0. The van der Waals surface area contributed by atoms with Crippen molar-refractivity contribution in [3.05, 3.63) is 62.5 Å². The average Bonchev–Trinajstić information content (AvgIpc) is 3.52. The van der Waals surface area contributed by atoms with E-state index in [4.69, 9.17) is 4.98 Å². The first-order valence-corrected chi connectivity index (χ1v) is 12.5. The molecule has 4 aromatic heterocycles. The maximum atomic E-state index is 13.0. The minimum Gasteiger partial charge on any atom is -0.276 e. The molecule has 0 spiro atoms. The van der Waals surface area contributed by atoms with Crippen molar-refractivity contribution in [3.8, 4) is 10.6 Å². The number of para-hydroxylation sites is 1. The number of rotatable bonds is 7. The van der Waals surface area contributed by atoms with Crippen LogP contribution in [0.3, 0.4) is 0 Å². The topological polar surface area (TPSA) is 65.1 Å². The molecule has 0 saturated carbocycles. The number of aryl methyl sites for hydroxylation is 1. The van der Waals surface area contributed by atoms with Crippen molar-refractivity contribution in [2.75, 3.05) is 0 Å².